The lowest BCUT2D eigenvalue weighted by atomic mass is 10.3. The summed E-state index contributed by atoms with van der Waals surface area (Å²) in [7, 11) is -4.23. The number of esters is 1. The molecule has 0 aromatic heterocycles. The molecule has 6 nitrogen and oxygen atoms in total. The van der Waals surface area contributed by atoms with Crippen molar-refractivity contribution < 1.29 is 22.5 Å². The molecule has 0 saturated carbocycles. The van der Waals surface area contributed by atoms with E-state index in [-0.39, 0.29) is 6.10 Å². The van der Waals surface area contributed by atoms with Gasteiger partial charge in [0, 0.05) is 0 Å². The van der Waals surface area contributed by atoms with Crippen LogP contribution in [0.25, 0.3) is 0 Å². The van der Waals surface area contributed by atoms with E-state index in [4.69, 9.17) is 10.3 Å². The van der Waals surface area contributed by atoms with Gasteiger partial charge < -0.3 is 10.5 Å². The molecule has 0 amide bonds. The first-order chi connectivity index (χ1) is 5.72. The number of rotatable bonds is 4. The highest BCUT2D eigenvalue weighted by Crippen LogP contribution is 1.95. The first-order valence-electron chi connectivity index (χ1n) is 3.63. The van der Waals surface area contributed by atoms with E-state index in [0.29, 0.717) is 0 Å². The summed E-state index contributed by atoms with van der Waals surface area (Å²) in [5.41, 5.74) is 5.14. The van der Waals surface area contributed by atoms with Gasteiger partial charge in [-0.05, 0) is 13.8 Å². The minimum Gasteiger partial charge on any atom is -0.462 e. The van der Waals surface area contributed by atoms with Gasteiger partial charge in [0.1, 0.15) is 11.8 Å². The molecule has 1 atom stereocenters. The van der Waals surface area contributed by atoms with Crippen LogP contribution in [0.2, 0.25) is 0 Å². The molecule has 0 unspecified atom stereocenters. The Morgan fingerprint density at radius 3 is 2.31 bits per heavy atom. The van der Waals surface area contributed by atoms with Gasteiger partial charge in [-0.1, -0.05) is 0 Å². The zero-order valence-electron chi connectivity index (χ0n) is 7.43. The number of carbonyl (C=O) groups excluding carboxylic acids is 1. The smallest absolute Gasteiger partial charge is 0.324 e. The van der Waals surface area contributed by atoms with Crippen molar-refractivity contribution in [3.8, 4) is 0 Å². The van der Waals surface area contributed by atoms with Crippen molar-refractivity contribution in [2.45, 2.75) is 26.0 Å². The van der Waals surface area contributed by atoms with E-state index in [1.165, 1.54) is 0 Å². The Kier molecular flexibility index (Phi) is 4.31. The lowest BCUT2D eigenvalue weighted by Gasteiger charge is -2.12. The Balaban J connectivity index is 4.13. The zero-order chi connectivity index (χ0) is 10.6. The van der Waals surface area contributed by atoms with Crippen LogP contribution in [-0.4, -0.2) is 36.8 Å². The molecule has 0 aliphatic heterocycles. The van der Waals surface area contributed by atoms with Crippen molar-refractivity contribution in [1.82, 2.24) is 0 Å². The Labute approximate surface area is 76.8 Å². The lowest BCUT2D eigenvalue weighted by Crippen LogP contribution is -2.39. The highest BCUT2D eigenvalue weighted by molar-refractivity contribution is 7.85. The van der Waals surface area contributed by atoms with Gasteiger partial charge in [-0.2, -0.15) is 8.42 Å². The van der Waals surface area contributed by atoms with E-state index >= 15 is 0 Å². The van der Waals surface area contributed by atoms with E-state index in [9.17, 15) is 13.2 Å². The molecule has 13 heavy (non-hydrogen) atoms. The van der Waals surface area contributed by atoms with Crippen LogP contribution < -0.4 is 5.73 Å². The van der Waals surface area contributed by atoms with E-state index in [1.54, 1.807) is 13.8 Å². The van der Waals surface area contributed by atoms with E-state index in [1.807, 2.05) is 0 Å². The summed E-state index contributed by atoms with van der Waals surface area (Å²) in [6, 6.07) is -1.34. The molecular weight excluding hydrogens is 198 g/mol. The average molecular weight is 211 g/mol. The summed E-state index contributed by atoms with van der Waals surface area (Å²) in [5.74, 6) is -1.66. The van der Waals surface area contributed by atoms with Gasteiger partial charge in [0.05, 0.1) is 6.10 Å². The van der Waals surface area contributed by atoms with Gasteiger partial charge in [-0.3, -0.25) is 9.35 Å². The van der Waals surface area contributed by atoms with Crippen LogP contribution in [0, 0.1) is 0 Å². The minimum atomic E-state index is -4.23. The molecule has 0 saturated heterocycles. The first-order valence-corrected chi connectivity index (χ1v) is 5.24. The van der Waals surface area contributed by atoms with Crippen molar-refractivity contribution in [1.29, 1.82) is 0 Å². The van der Waals surface area contributed by atoms with Crippen molar-refractivity contribution in [3.63, 3.8) is 0 Å². The van der Waals surface area contributed by atoms with Crippen LogP contribution in [0.15, 0.2) is 0 Å². The Bertz CT molecular complexity index is 271. The third kappa shape index (κ3) is 6.50. The molecule has 3 N–H and O–H groups in total. The molecular formula is C6H13NO5S. The number of hydrogen-bond acceptors (Lipinski definition) is 5. The lowest BCUT2D eigenvalue weighted by molar-refractivity contribution is -0.148. The maximum Gasteiger partial charge on any atom is 0.324 e. The fourth-order valence-corrected chi connectivity index (χ4v) is 1.20. The molecule has 78 valence electrons. The highest BCUT2D eigenvalue weighted by Gasteiger charge is 2.22. The fraction of sp³-hybridized carbons (Fsp3) is 0.833. The van der Waals surface area contributed by atoms with Crippen molar-refractivity contribution >= 4 is 16.1 Å². The summed E-state index contributed by atoms with van der Waals surface area (Å²) < 4.78 is 33.6. The average Bonchev–Trinajstić information content (AvgIpc) is 1.81. The maximum absolute atomic E-state index is 10.9. The number of carbonyl (C=O) groups is 1. The Hall–Kier alpha value is -0.660. The molecule has 0 fully saturated rings. The highest BCUT2D eigenvalue weighted by atomic mass is 32.2. The van der Waals surface area contributed by atoms with Crippen molar-refractivity contribution in [3.05, 3.63) is 0 Å². The Morgan fingerprint density at radius 2 is 2.00 bits per heavy atom. The van der Waals surface area contributed by atoms with Gasteiger partial charge in [0.15, 0.2) is 0 Å². The van der Waals surface area contributed by atoms with Crippen molar-refractivity contribution in [2.75, 3.05) is 5.75 Å². The molecule has 7 heteroatoms. The number of ether oxygens (including phenoxy) is 1. The summed E-state index contributed by atoms with van der Waals surface area (Å²) in [4.78, 5) is 10.9. The van der Waals surface area contributed by atoms with Crippen LogP contribution in [-0.2, 0) is 19.6 Å². The summed E-state index contributed by atoms with van der Waals surface area (Å²) >= 11 is 0. The largest absolute Gasteiger partial charge is 0.462 e. The molecule has 0 rings (SSSR count). The zero-order valence-corrected chi connectivity index (χ0v) is 8.24. The standard InChI is InChI=1S/C6H13NO5S/c1-4(2)12-6(8)5(7)3-13(9,10)11/h4-5H,3,7H2,1-2H3,(H,9,10,11)/t5-/m1/s1. The van der Waals surface area contributed by atoms with Crippen LogP contribution in [0.3, 0.4) is 0 Å². The number of nitrogens with two attached hydrogens (primary N) is 1. The third-order valence-electron chi connectivity index (χ3n) is 1.04. The fourth-order valence-electron chi connectivity index (χ4n) is 0.615. The summed E-state index contributed by atoms with van der Waals surface area (Å²) in [6.07, 6.45) is -0.361. The van der Waals surface area contributed by atoms with Gasteiger partial charge in [0.2, 0.25) is 0 Å². The molecule has 0 aromatic carbocycles. The van der Waals surface area contributed by atoms with Crippen LogP contribution in [0.4, 0.5) is 0 Å². The molecule has 0 aliphatic rings. The monoisotopic (exact) mass is 211 g/mol. The summed E-state index contributed by atoms with van der Waals surface area (Å²) in [5, 5.41) is 0. The number of hydrogen-bond donors (Lipinski definition) is 2. The molecule has 0 bridgehead atoms. The second-order valence-electron chi connectivity index (χ2n) is 2.84. The quantitative estimate of drug-likeness (QED) is 0.463. The normalized spacial score (nSPS) is 14.2. The van der Waals surface area contributed by atoms with Gasteiger partial charge in [-0.25, -0.2) is 0 Å². The van der Waals surface area contributed by atoms with Gasteiger partial charge in [-0.15, -0.1) is 0 Å². The van der Waals surface area contributed by atoms with Crippen LogP contribution in [0.5, 0.6) is 0 Å². The van der Waals surface area contributed by atoms with Crippen LogP contribution >= 0.6 is 0 Å². The second kappa shape index (κ2) is 4.54. The van der Waals surface area contributed by atoms with E-state index in [2.05, 4.69) is 4.74 Å². The summed E-state index contributed by atoms with van der Waals surface area (Å²) in [6.45, 7) is 3.22. The molecule has 0 aromatic rings. The molecule has 0 spiro atoms. The first kappa shape index (κ1) is 12.3. The predicted octanol–water partition coefficient (Wildman–Crippen LogP) is -0.847. The molecule has 0 aliphatic carbocycles. The Morgan fingerprint density at radius 1 is 1.54 bits per heavy atom. The predicted molar refractivity (Wildman–Crippen MR) is 45.6 cm³/mol. The molecule has 0 radical (unpaired) electrons. The molecule has 0 heterocycles. The maximum atomic E-state index is 10.9. The van der Waals surface area contributed by atoms with Gasteiger partial charge >= 0.3 is 5.97 Å². The third-order valence-corrected chi connectivity index (χ3v) is 1.83. The second-order valence-corrected chi connectivity index (χ2v) is 4.34. The topological polar surface area (TPSA) is 107 Å². The SMILES string of the molecule is CC(C)OC(=O)[C@H](N)CS(=O)(=O)O. The van der Waals surface area contributed by atoms with E-state index < -0.39 is 27.9 Å². The van der Waals surface area contributed by atoms with Crippen LogP contribution in [0.1, 0.15) is 13.8 Å². The van der Waals surface area contributed by atoms with E-state index in [0.717, 1.165) is 0 Å². The minimum absolute atomic E-state index is 0.361. The van der Waals surface area contributed by atoms with Crippen molar-refractivity contribution in [2.24, 2.45) is 5.73 Å². The van der Waals surface area contributed by atoms with Gasteiger partial charge in [0.25, 0.3) is 10.1 Å².